The quantitative estimate of drug-likeness (QED) is 0.209. The van der Waals surface area contributed by atoms with E-state index in [1.54, 1.807) is 10.6 Å². The molecule has 0 spiro atoms. The van der Waals surface area contributed by atoms with Crippen LogP contribution in [0.5, 0.6) is 0 Å². The fourth-order valence-electron chi connectivity index (χ4n) is 5.71. The van der Waals surface area contributed by atoms with Gasteiger partial charge in [-0.2, -0.15) is 5.10 Å². The first-order valence-corrected chi connectivity index (χ1v) is 14.0. The second-order valence-electron chi connectivity index (χ2n) is 11.0. The van der Waals surface area contributed by atoms with Crippen LogP contribution >= 0.6 is 0 Å². The van der Waals surface area contributed by atoms with Crippen LogP contribution < -0.4 is 15.9 Å². The number of aromatic carboxylic acids is 1. The Bertz CT molecular complexity index is 2090. The molecule has 224 valence electrons. The summed E-state index contributed by atoms with van der Waals surface area (Å²) < 4.78 is 18.6. The van der Waals surface area contributed by atoms with Gasteiger partial charge in [0.15, 0.2) is 5.65 Å². The van der Waals surface area contributed by atoms with Gasteiger partial charge in [-0.1, -0.05) is 0 Å². The Morgan fingerprint density at radius 3 is 2.48 bits per heavy atom. The molecule has 2 aliphatic rings. The number of pyridine rings is 1. The molecule has 2 fully saturated rings. The fourth-order valence-corrected chi connectivity index (χ4v) is 5.71. The van der Waals surface area contributed by atoms with Gasteiger partial charge in [-0.05, 0) is 37.1 Å². The number of nitrogens with one attached hydrogen (secondary N) is 1. The number of halogens is 1. The number of benzene rings is 2. The number of carbonyl (C=O) groups is 1. The molecule has 0 unspecified atom stereocenters. The Morgan fingerprint density at radius 1 is 1.09 bits per heavy atom. The number of hydrogen-bond donors (Lipinski definition) is 2. The number of anilines is 1. The van der Waals surface area contributed by atoms with E-state index in [4.69, 9.17) is 0 Å². The van der Waals surface area contributed by atoms with Crippen molar-refractivity contribution in [2.24, 2.45) is 0 Å². The number of aromatic amines is 1. The summed E-state index contributed by atoms with van der Waals surface area (Å²) in [6, 6.07) is 8.64. The molecule has 1 aliphatic carbocycles. The Morgan fingerprint density at radius 2 is 1.82 bits per heavy atom. The van der Waals surface area contributed by atoms with Crippen molar-refractivity contribution < 1.29 is 19.2 Å². The second kappa shape index (κ2) is 10.4. The maximum Gasteiger partial charge on any atom is 0.341 e. The molecule has 4 heterocycles. The summed E-state index contributed by atoms with van der Waals surface area (Å²) in [6.45, 7) is 2.33. The van der Waals surface area contributed by atoms with Crippen LogP contribution in [0.2, 0.25) is 0 Å². The van der Waals surface area contributed by atoms with Gasteiger partial charge in [-0.25, -0.2) is 18.9 Å². The van der Waals surface area contributed by atoms with Gasteiger partial charge in [0.05, 0.1) is 34.6 Å². The zero-order chi connectivity index (χ0) is 30.7. The fraction of sp³-hybridized carbons (Fsp3) is 0.276. The summed E-state index contributed by atoms with van der Waals surface area (Å²) in [5.41, 5.74) is 0.204. The van der Waals surface area contributed by atoms with E-state index in [9.17, 15) is 29.6 Å². The molecule has 0 amide bonds. The molecular weight excluding hydrogens is 575 g/mol. The lowest BCUT2D eigenvalue weighted by Crippen LogP contribution is -2.46. The van der Waals surface area contributed by atoms with Gasteiger partial charge in [0.25, 0.3) is 11.2 Å². The van der Waals surface area contributed by atoms with Crippen molar-refractivity contribution in [3.8, 4) is 5.69 Å². The van der Waals surface area contributed by atoms with Crippen molar-refractivity contribution in [3.63, 3.8) is 0 Å². The summed E-state index contributed by atoms with van der Waals surface area (Å²) in [7, 11) is 0. The maximum atomic E-state index is 15.4. The van der Waals surface area contributed by atoms with Crippen LogP contribution in [0.3, 0.4) is 0 Å². The van der Waals surface area contributed by atoms with Gasteiger partial charge in [0.1, 0.15) is 22.6 Å². The third kappa shape index (κ3) is 4.76. The lowest BCUT2D eigenvalue weighted by Gasteiger charge is -2.36. The molecule has 1 aliphatic heterocycles. The van der Waals surface area contributed by atoms with Crippen molar-refractivity contribution >= 4 is 39.3 Å². The number of rotatable bonds is 7. The van der Waals surface area contributed by atoms with Crippen LogP contribution in [0.1, 0.15) is 35.1 Å². The summed E-state index contributed by atoms with van der Waals surface area (Å²) in [4.78, 5) is 59.2. The number of nitrogens with zero attached hydrogens (tertiary/aromatic N) is 7. The standard InChI is InChI=1S/C29H25FN8O6/c30-22-11-19-23(36(16-1-2-16)14-21(26(19)39)29(41)42)12-24(22)35-9-7-34(8-10-35)15-25-32-27-20(28(40)33-25)13-31-37(27)17-3-5-18(6-4-17)38(43)44/h3-6,11-14,16H,1-2,7-10,15H2,(H,41,42)(H,32,33,40). The average Bonchev–Trinajstić information content (AvgIpc) is 3.76. The molecule has 2 aromatic carbocycles. The summed E-state index contributed by atoms with van der Waals surface area (Å²) >= 11 is 0. The molecule has 1 saturated carbocycles. The topological polar surface area (TPSA) is 172 Å². The smallest absolute Gasteiger partial charge is 0.341 e. The first-order chi connectivity index (χ1) is 21.2. The minimum absolute atomic E-state index is 0.0510. The van der Waals surface area contributed by atoms with Crippen LogP contribution in [0, 0.1) is 15.9 Å². The number of nitro groups is 1. The highest BCUT2D eigenvalue weighted by atomic mass is 19.1. The molecule has 2 N–H and O–H groups in total. The molecule has 0 radical (unpaired) electrons. The van der Waals surface area contributed by atoms with Crippen LogP contribution in [0.25, 0.3) is 27.6 Å². The van der Waals surface area contributed by atoms with Crippen LogP contribution in [-0.2, 0) is 6.54 Å². The highest BCUT2D eigenvalue weighted by Gasteiger charge is 2.29. The Kier molecular flexibility index (Phi) is 6.46. The monoisotopic (exact) mass is 600 g/mol. The minimum Gasteiger partial charge on any atom is -0.477 e. The third-order valence-electron chi connectivity index (χ3n) is 8.15. The number of hydrogen-bond acceptors (Lipinski definition) is 9. The van der Waals surface area contributed by atoms with Crippen molar-refractivity contribution in [1.29, 1.82) is 0 Å². The van der Waals surface area contributed by atoms with Crippen molar-refractivity contribution in [1.82, 2.24) is 29.2 Å². The SMILES string of the molecule is O=C(O)c1cn(C2CC2)c2cc(N3CCN(Cc4nc5c(cnn5-c5ccc([N+](=O)[O-])cc5)c(=O)[nH]4)CC3)c(F)cc2c1=O. The molecule has 0 atom stereocenters. The van der Waals surface area contributed by atoms with Crippen molar-refractivity contribution in [3.05, 3.63) is 96.7 Å². The average molecular weight is 601 g/mol. The van der Waals surface area contributed by atoms with E-state index in [2.05, 4.69) is 20.0 Å². The number of piperazine rings is 1. The number of aromatic nitrogens is 5. The minimum atomic E-state index is -1.34. The van der Waals surface area contributed by atoms with Crippen molar-refractivity contribution in [2.45, 2.75) is 25.4 Å². The molecule has 7 rings (SSSR count). The van der Waals surface area contributed by atoms with E-state index in [1.165, 1.54) is 41.3 Å². The first kappa shape index (κ1) is 27.4. The largest absolute Gasteiger partial charge is 0.477 e. The number of nitro benzene ring substituents is 1. The second-order valence-corrected chi connectivity index (χ2v) is 11.0. The van der Waals surface area contributed by atoms with Gasteiger partial charge in [0, 0.05) is 55.9 Å². The number of carboxylic acid groups (broad SMARTS) is 1. The van der Waals surface area contributed by atoms with Gasteiger partial charge < -0.3 is 19.6 Å². The molecule has 44 heavy (non-hydrogen) atoms. The molecular formula is C29H25FN8O6. The van der Waals surface area contributed by atoms with E-state index in [-0.39, 0.29) is 33.6 Å². The van der Waals surface area contributed by atoms with E-state index in [0.717, 1.165) is 18.9 Å². The van der Waals surface area contributed by atoms with E-state index in [0.29, 0.717) is 61.1 Å². The van der Waals surface area contributed by atoms with E-state index < -0.39 is 22.1 Å². The van der Waals surface area contributed by atoms with Gasteiger partial charge >= 0.3 is 5.97 Å². The maximum absolute atomic E-state index is 15.4. The summed E-state index contributed by atoms with van der Waals surface area (Å²) in [6.07, 6.45) is 4.48. The predicted molar refractivity (Wildman–Crippen MR) is 157 cm³/mol. The molecule has 3 aromatic heterocycles. The van der Waals surface area contributed by atoms with Crippen LogP contribution in [0.4, 0.5) is 15.8 Å². The van der Waals surface area contributed by atoms with E-state index in [1.807, 2.05) is 4.90 Å². The molecule has 0 bridgehead atoms. The Hall–Kier alpha value is -5.44. The number of carboxylic acids is 1. The van der Waals surface area contributed by atoms with Gasteiger partial charge in [-0.3, -0.25) is 24.6 Å². The lowest BCUT2D eigenvalue weighted by atomic mass is 10.1. The predicted octanol–water partition coefficient (Wildman–Crippen LogP) is 2.83. The van der Waals surface area contributed by atoms with Crippen LogP contribution in [0.15, 0.2) is 58.4 Å². The van der Waals surface area contributed by atoms with Crippen molar-refractivity contribution in [2.75, 3.05) is 31.1 Å². The highest BCUT2D eigenvalue weighted by Crippen LogP contribution is 2.38. The summed E-state index contributed by atoms with van der Waals surface area (Å²) in [5, 5.41) is 25.1. The lowest BCUT2D eigenvalue weighted by molar-refractivity contribution is -0.384. The number of non-ortho nitro benzene ring substituents is 1. The first-order valence-electron chi connectivity index (χ1n) is 14.0. The Balaban J connectivity index is 1.11. The zero-order valence-corrected chi connectivity index (χ0v) is 23.1. The molecule has 5 aromatic rings. The zero-order valence-electron chi connectivity index (χ0n) is 23.1. The highest BCUT2D eigenvalue weighted by molar-refractivity contribution is 5.93. The normalized spacial score (nSPS) is 15.7. The molecule has 14 nitrogen and oxygen atoms in total. The van der Waals surface area contributed by atoms with Gasteiger partial charge in [-0.15, -0.1) is 0 Å². The molecule has 1 saturated heterocycles. The number of H-pyrrole nitrogens is 1. The van der Waals surface area contributed by atoms with Crippen LogP contribution in [-0.4, -0.2) is 71.4 Å². The third-order valence-corrected chi connectivity index (χ3v) is 8.15. The Labute approximate surface area is 246 Å². The molecule has 15 heteroatoms. The van der Waals surface area contributed by atoms with E-state index >= 15 is 4.39 Å². The summed E-state index contributed by atoms with van der Waals surface area (Å²) in [5.74, 6) is -1.51. The number of fused-ring (bicyclic) bond motifs is 2. The van der Waals surface area contributed by atoms with Gasteiger partial charge in [0.2, 0.25) is 5.43 Å².